The summed E-state index contributed by atoms with van der Waals surface area (Å²) in [6.07, 6.45) is 1.67. The third-order valence-corrected chi connectivity index (χ3v) is 4.16. The summed E-state index contributed by atoms with van der Waals surface area (Å²) in [6, 6.07) is 13.0. The van der Waals surface area contributed by atoms with E-state index in [1.54, 1.807) is 26.5 Å². The average molecular weight is 371 g/mol. The molecule has 7 heteroatoms. The van der Waals surface area contributed by atoms with Crippen molar-refractivity contribution in [2.75, 3.05) is 24.9 Å². The summed E-state index contributed by atoms with van der Waals surface area (Å²) < 4.78 is 10.6. The molecule has 0 radical (unpaired) electrons. The Balaban J connectivity index is 1.82. The van der Waals surface area contributed by atoms with E-state index in [2.05, 4.69) is 20.6 Å². The van der Waals surface area contributed by atoms with Gasteiger partial charge in [-0.25, -0.2) is 4.98 Å². The predicted octanol–water partition coefficient (Wildman–Crippen LogP) is 4.94. The molecule has 0 atom stereocenters. The van der Waals surface area contributed by atoms with Crippen molar-refractivity contribution in [3.05, 3.63) is 59.2 Å². The summed E-state index contributed by atoms with van der Waals surface area (Å²) in [5.74, 6) is 2.48. The second-order valence-corrected chi connectivity index (χ2v) is 5.95. The fourth-order valence-electron chi connectivity index (χ4n) is 2.34. The van der Waals surface area contributed by atoms with Crippen LogP contribution in [0.5, 0.6) is 11.5 Å². The molecule has 0 saturated carbocycles. The fourth-order valence-corrected chi connectivity index (χ4v) is 2.52. The summed E-state index contributed by atoms with van der Waals surface area (Å²) in [4.78, 5) is 8.72. The number of nitrogens with zero attached hydrogens (tertiary/aromatic N) is 2. The number of hydrogen-bond donors (Lipinski definition) is 2. The summed E-state index contributed by atoms with van der Waals surface area (Å²) in [5.41, 5.74) is 2.57. The Morgan fingerprint density at radius 2 is 1.81 bits per heavy atom. The van der Waals surface area contributed by atoms with Crippen molar-refractivity contribution in [1.82, 2.24) is 9.97 Å². The lowest BCUT2D eigenvalue weighted by Gasteiger charge is -2.13. The zero-order valence-corrected chi connectivity index (χ0v) is 15.5. The van der Waals surface area contributed by atoms with E-state index in [1.165, 1.54) is 0 Å². The van der Waals surface area contributed by atoms with Gasteiger partial charge in [-0.15, -0.1) is 0 Å². The van der Waals surface area contributed by atoms with Crippen molar-refractivity contribution >= 4 is 34.7 Å². The lowest BCUT2D eigenvalue weighted by Crippen LogP contribution is -2.01. The second kappa shape index (κ2) is 7.93. The van der Waals surface area contributed by atoms with E-state index in [-0.39, 0.29) is 0 Å². The van der Waals surface area contributed by atoms with E-state index in [0.29, 0.717) is 22.5 Å². The van der Waals surface area contributed by atoms with Gasteiger partial charge in [0.1, 0.15) is 17.3 Å². The van der Waals surface area contributed by atoms with Gasteiger partial charge in [-0.1, -0.05) is 17.7 Å². The van der Waals surface area contributed by atoms with Gasteiger partial charge in [0.05, 0.1) is 19.9 Å². The Kier molecular flexibility index (Phi) is 5.43. The predicted molar refractivity (Wildman–Crippen MR) is 104 cm³/mol. The Hall–Kier alpha value is -2.99. The molecule has 0 amide bonds. The van der Waals surface area contributed by atoms with Crippen LogP contribution in [0.3, 0.4) is 0 Å². The van der Waals surface area contributed by atoms with Crippen LogP contribution in [0.2, 0.25) is 5.02 Å². The molecule has 0 saturated heterocycles. The highest BCUT2D eigenvalue weighted by Gasteiger charge is 2.08. The zero-order valence-electron chi connectivity index (χ0n) is 14.7. The molecule has 0 spiro atoms. The zero-order chi connectivity index (χ0) is 18.5. The van der Waals surface area contributed by atoms with Crippen LogP contribution in [0.4, 0.5) is 23.1 Å². The topological polar surface area (TPSA) is 68.3 Å². The fraction of sp³-hybridized carbons (Fsp3) is 0.158. The summed E-state index contributed by atoms with van der Waals surface area (Å²) in [7, 11) is 3.23. The molecular formula is C19H19ClN4O2. The molecule has 6 nitrogen and oxygen atoms in total. The van der Waals surface area contributed by atoms with Gasteiger partial charge < -0.3 is 20.1 Å². The first-order valence-electron chi connectivity index (χ1n) is 7.94. The highest BCUT2D eigenvalue weighted by molar-refractivity contribution is 6.31. The third-order valence-electron chi connectivity index (χ3n) is 3.75. The minimum Gasteiger partial charge on any atom is -0.497 e. The highest BCUT2D eigenvalue weighted by Crippen LogP contribution is 2.31. The minimum atomic E-state index is 0.455. The van der Waals surface area contributed by atoms with Gasteiger partial charge >= 0.3 is 0 Å². The Labute approximate surface area is 157 Å². The number of rotatable bonds is 6. The molecule has 0 bridgehead atoms. The third kappa shape index (κ3) is 4.15. The van der Waals surface area contributed by atoms with Crippen molar-refractivity contribution in [3.8, 4) is 11.5 Å². The molecule has 2 aromatic carbocycles. The molecule has 2 N–H and O–H groups in total. The number of anilines is 4. The van der Waals surface area contributed by atoms with Gasteiger partial charge in [0, 0.05) is 23.0 Å². The number of halogens is 1. The minimum absolute atomic E-state index is 0.455. The number of aryl methyl sites for hydroxylation is 1. The van der Waals surface area contributed by atoms with Crippen LogP contribution in [0.25, 0.3) is 0 Å². The van der Waals surface area contributed by atoms with Gasteiger partial charge in [-0.05, 0) is 42.8 Å². The van der Waals surface area contributed by atoms with Crippen molar-refractivity contribution in [2.45, 2.75) is 6.92 Å². The molecule has 0 unspecified atom stereocenters. The maximum Gasteiger partial charge on any atom is 0.229 e. The Morgan fingerprint density at radius 1 is 0.962 bits per heavy atom. The number of benzene rings is 2. The number of aromatic nitrogens is 2. The number of hydrogen-bond acceptors (Lipinski definition) is 6. The van der Waals surface area contributed by atoms with E-state index >= 15 is 0 Å². The average Bonchev–Trinajstić information content (AvgIpc) is 2.65. The van der Waals surface area contributed by atoms with Crippen LogP contribution in [0.15, 0.2) is 48.7 Å². The molecule has 0 aliphatic heterocycles. The molecule has 0 aliphatic rings. The van der Waals surface area contributed by atoms with Crippen molar-refractivity contribution in [2.24, 2.45) is 0 Å². The van der Waals surface area contributed by atoms with Crippen LogP contribution in [0.1, 0.15) is 5.56 Å². The van der Waals surface area contributed by atoms with Crippen molar-refractivity contribution in [1.29, 1.82) is 0 Å². The van der Waals surface area contributed by atoms with Crippen LogP contribution in [-0.2, 0) is 0 Å². The van der Waals surface area contributed by atoms with E-state index in [0.717, 1.165) is 22.7 Å². The van der Waals surface area contributed by atoms with E-state index in [9.17, 15) is 0 Å². The first-order chi connectivity index (χ1) is 12.6. The maximum absolute atomic E-state index is 6.16. The van der Waals surface area contributed by atoms with E-state index in [4.69, 9.17) is 21.1 Å². The smallest absolute Gasteiger partial charge is 0.229 e. The Bertz CT molecular complexity index is 918. The molecule has 0 fully saturated rings. The molecule has 3 rings (SSSR count). The van der Waals surface area contributed by atoms with Gasteiger partial charge in [0.15, 0.2) is 0 Å². The van der Waals surface area contributed by atoms with Crippen molar-refractivity contribution < 1.29 is 9.47 Å². The highest BCUT2D eigenvalue weighted by atomic mass is 35.5. The van der Waals surface area contributed by atoms with Crippen LogP contribution in [-0.4, -0.2) is 24.2 Å². The first-order valence-corrected chi connectivity index (χ1v) is 8.32. The standard InChI is InChI=1S/C19H19ClN4O2/c1-12-4-5-13(10-15(12)20)22-19-21-9-8-18(24-19)23-16-11-14(25-2)6-7-17(16)26-3/h4-11H,1-3H3,(H2,21,22,23,24). The maximum atomic E-state index is 6.16. The van der Waals surface area contributed by atoms with Crippen LogP contribution >= 0.6 is 11.6 Å². The molecule has 26 heavy (non-hydrogen) atoms. The van der Waals surface area contributed by atoms with E-state index in [1.807, 2.05) is 43.3 Å². The lowest BCUT2D eigenvalue weighted by atomic mass is 10.2. The summed E-state index contributed by atoms with van der Waals surface area (Å²) >= 11 is 6.16. The lowest BCUT2D eigenvalue weighted by molar-refractivity contribution is 0.405. The normalized spacial score (nSPS) is 10.3. The monoisotopic (exact) mass is 370 g/mol. The van der Waals surface area contributed by atoms with Crippen LogP contribution in [0, 0.1) is 6.92 Å². The largest absolute Gasteiger partial charge is 0.497 e. The van der Waals surface area contributed by atoms with Crippen molar-refractivity contribution in [3.63, 3.8) is 0 Å². The van der Waals surface area contributed by atoms with Gasteiger partial charge in [0.25, 0.3) is 0 Å². The first kappa shape index (κ1) is 17.8. The summed E-state index contributed by atoms with van der Waals surface area (Å²) in [5, 5.41) is 7.05. The molecule has 0 aliphatic carbocycles. The number of methoxy groups -OCH3 is 2. The van der Waals surface area contributed by atoms with E-state index < -0.39 is 0 Å². The number of ether oxygens (including phenoxy) is 2. The second-order valence-electron chi connectivity index (χ2n) is 5.55. The van der Waals surface area contributed by atoms with Gasteiger partial charge in [-0.2, -0.15) is 4.98 Å². The molecular weight excluding hydrogens is 352 g/mol. The molecule has 1 heterocycles. The van der Waals surface area contributed by atoms with Crippen LogP contribution < -0.4 is 20.1 Å². The number of nitrogens with one attached hydrogen (secondary N) is 2. The molecule has 134 valence electrons. The Morgan fingerprint density at radius 3 is 2.54 bits per heavy atom. The van der Waals surface area contributed by atoms with Gasteiger partial charge in [-0.3, -0.25) is 0 Å². The summed E-state index contributed by atoms with van der Waals surface area (Å²) in [6.45, 7) is 1.95. The van der Waals surface area contributed by atoms with Gasteiger partial charge in [0.2, 0.25) is 5.95 Å². The SMILES string of the molecule is COc1ccc(OC)c(Nc2ccnc(Nc3ccc(C)c(Cl)c3)n2)c1. The molecule has 1 aromatic heterocycles. The molecule has 3 aromatic rings. The quantitative estimate of drug-likeness (QED) is 0.640.